The summed E-state index contributed by atoms with van der Waals surface area (Å²) in [6, 6.07) is 0. The maximum atomic E-state index is 11.8. The van der Waals surface area contributed by atoms with Gasteiger partial charge in [0, 0.05) is 32.8 Å². The maximum absolute atomic E-state index is 11.8. The topological polar surface area (TPSA) is 50.4 Å². The van der Waals surface area contributed by atoms with Crippen LogP contribution in [-0.2, 0) is 9.53 Å². The van der Waals surface area contributed by atoms with Crippen molar-refractivity contribution < 1.29 is 9.53 Å². The van der Waals surface area contributed by atoms with Crippen molar-refractivity contribution >= 4 is 5.91 Å². The molecule has 0 bridgehead atoms. The smallest absolute Gasteiger partial charge is 0.225 e. The summed E-state index contributed by atoms with van der Waals surface area (Å²) in [5, 5.41) is 6.25. The van der Waals surface area contributed by atoms with Crippen LogP contribution in [0.25, 0.3) is 0 Å². The van der Waals surface area contributed by atoms with E-state index in [2.05, 4.69) is 10.6 Å². The Labute approximate surface area is 103 Å². The van der Waals surface area contributed by atoms with Gasteiger partial charge in [-0.2, -0.15) is 0 Å². The van der Waals surface area contributed by atoms with E-state index in [1.165, 1.54) is 19.3 Å². The summed E-state index contributed by atoms with van der Waals surface area (Å²) in [4.78, 5) is 11.8. The second-order valence-corrected chi connectivity index (χ2v) is 5.37. The van der Waals surface area contributed by atoms with E-state index in [4.69, 9.17) is 4.74 Å². The van der Waals surface area contributed by atoms with Crippen LogP contribution in [0.3, 0.4) is 0 Å². The van der Waals surface area contributed by atoms with Crippen LogP contribution in [0.15, 0.2) is 0 Å². The number of ether oxygens (including phenoxy) is 1. The Morgan fingerprint density at radius 2 is 2.24 bits per heavy atom. The summed E-state index contributed by atoms with van der Waals surface area (Å²) in [5.74, 6) is 0.436. The molecule has 4 heteroatoms. The van der Waals surface area contributed by atoms with Crippen LogP contribution in [-0.4, -0.2) is 38.8 Å². The van der Waals surface area contributed by atoms with Gasteiger partial charge in [0.2, 0.25) is 5.91 Å². The number of carbonyl (C=O) groups excluding carboxylic acids is 1. The zero-order chi connectivity index (χ0) is 12.1. The van der Waals surface area contributed by atoms with Crippen molar-refractivity contribution in [2.24, 2.45) is 11.3 Å². The highest BCUT2D eigenvalue weighted by Gasteiger charge is 2.37. The van der Waals surface area contributed by atoms with E-state index in [-0.39, 0.29) is 11.8 Å². The molecular weight excluding hydrogens is 216 g/mol. The van der Waals surface area contributed by atoms with Gasteiger partial charge in [0.1, 0.15) is 0 Å². The van der Waals surface area contributed by atoms with Crippen LogP contribution >= 0.6 is 0 Å². The Morgan fingerprint density at radius 3 is 2.71 bits per heavy atom. The largest absolute Gasteiger partial charge is 0.382 e. The highest BCUT2D eigenvalue weighted by Crippen LogP contribution is 2.43. The number of hydrogen-bond donors (Lipinski definition) is 2. The molecule has 4 nitrogen and oxygen atoms in total. The molecule has 2 fully saturated rings. The monoisotopic (exact) mass is 240 g/mol. The maximum Gasteiger partial charge on any atom is 0.225 e. The number of carbonyl (C=O) groups is 1. The van der Waals surface area contributed by atoms with Gasteiger partial charge < -0.3 is 15.4 Å². The van der Waals surface area contributed by atoms with Crippen LogP contribution in [0.4, 0.5) is 0 Å². The van der Waals surface area contributed by atoms with E-state index < -0.39 is 0 Å². The molecule has 1 saturated heterocycles. The summed E-state index contributed by atoms with van der Waals surface area (Å²) in [6.45, 7) is 6.18. The van der Waals surface area contributed by atoms with Gasteiger partial charge in [0.25, 0.3) is 0 Å². The lowest BCUT2D eigenvalue weighted by Gasteiger charge is -2.42. The van der Waals surface area contributed by atoms with Crippen LogP contribution < -0.4 is 10.6 Å². The first-order valence-corrected chi connectivity index (χ1v) is 6.82. The third kappa shape index (κ3) is 3.19. The lowest BCUT2D eigenvalue weighted by molar-refractivity contribution is -0.127. The van der Waals surface area contributed by atoms with Crippen molar-refractivity contribution in [3.8, 4) is 0 Å². The van der Waals surface area contributed by atoms with Crippen LogP contribution in [0.1, 0.15) is 32.6 Å². The molecule has 0 aromatic carbocycles. The highest BCUT2D eigenvalue weighted by atomic mass is 16.5. The minimum absolute atomic E-state index is 0.207. The molecule has 1 heterocycles. The summed E-state index contributed by atoms with van der Waals surface area (Å²) in [7, 11) is 0. The third-order valence-corrected chi connectivity index (χ3v) is 4.18. The van der Waals surface area contributed by atoms with Crippen molar-refractivity contribution in [3.63, 3.8) is 0 Å². The van der Waals surface area contributed by atoms with Crippen LogP contribution in [0.2, 0.25) is 0 Å². The summed E-state index contributed by atoms with van der Waals surface area (Å²) < 4.78 is 5.43. The number of nitrogens with one attached hydrogen (secondary N) is 2. The van der Waals surface area contributed by atoms with E-state index in [0.29, 0.717) is 5.41 Å². The first kappa shape index (κ1) is 12.8. The van der Waals surface area contributed by atoms with Gasteiger partial charge in [-0.05, 0) is 31.6 Å². The fourth-order valence-electron chi connectivity index (χ4n) is 2.52. The van der Waals surface area contributed by atoms with Crippen molar-refractivity contribution in [2.75, 3.05) is 32.8 Å². The molecular formula is C13H24N2O2. The molecule has 0 radical (unpaired) electrons. The van der Waals surface area contributed by atoms with Gasteiger partial charge in [0.15, 0.2) is 0 Å². The average Bonchev–Trinajstić information content (AvgIpc) is 2.18. The van der Waals surface area contributed by atoms with E-state index >= 15 is 0 Å². The zero-order valence-corrected chi connectivity index (χ0v) is 10.8. The quantitative estimate of drug-likeness (QED) is 0.651. The Morgan fingerprint density at radius 1 is 1.47 bits per heavy atom. The van der Waals surface area contributed by atoms with Crippen molar-refractivity contribution in [1.82, 2.24) is 10.6 Å². The molecule has 0 spiro atoms. The van der Waals surface area contributed by atoms with E-state index in [1.54, 1.807) is 0 Å². The van der Waals surface area contributed by atoms with Gasteiger partial charge in [0.05, 0.1) is 5.92 Å². The lowest BCUT2D eigenvalue weighted by Crippen LogP contribution is -2.53. The molecule has 0 aromatic rings. The fourth-order valence-corrected chi connectivity index (χ4v) is 2.52. The molecule has 2 aliphatic rings. The van der Waals surface area contributed by atoms with Crippen molar-refractivity contribution in [1.29, 1.82) is 0 Å². The summed E-state index contributed by atoms with van der Waals surface area (Å²) >= 11 is 0. The fraction of sp³-hybridized carbons (Fsp3) is 0.923. The Balaban J connectivity index is 1.68. The average molecular weight is 240 g/mol. The highest BCUT2D eigenvalue weighted by molar-refractivity contribution is 5.80. The predicted octanol–water partition coefficient (Wildman–Crippen LogP) is 0.919. The minimum Gasteiger partial charge on any atom is -0.382 e. The first-order valence-electron chi connectivity index (χ1n) is 6.82. The van der Waals surface area contributed by atoms with Crippen molar-refractivity contribution in [2.45, 2.75) is 32.6 Å². The number of amides is 1. The van der Waals surface area contributed by atoms with E-state index in [0.717, 1.165) is 39.3 Å². The second kappa shape index (κ2) is 5.83. The molecule has 0 aromatic heterocycles. The standard InChI is InChI=1S/C13H24N2O2/c1-2-17-7-6-13(4-3-5-13)10-15-12(16)11-8-14-9-11/h11,14H,2-10H2,1H3,(H,15,16). The molecule has 0 unspecified atom stereocenters. The van der Waals surface area contributed by atoms with Gasteiger partial charge >= 0.3 is 0 Å². The minimum atomic E-state index is 0.207. The molecule has 98 valence electrons. The summed E-state index contributed by atoms with van der Waals surface area (Å²) in [6.07, 6.45) is 4.86. The molecule has 0 atom stereocenters. The predicted molar refractivity (Wildman–Crippen MR) is 66.8 cm³/mol. The molecule has 1 aliphatic heterocycles. The number of hydrogen-bond acceptors (Lipinski definition) is 3. The lowest BCUT2D eigenvalue weighted by atomic mass is 9.66. The Kier molecular flexibility index (Phi) is 4.40. The molecule has 2 rings (SSSR count). The van der Waals surface area contributed by atoms with E-state index in [9.17, 15) is 4.79 Å². The zero-order valence-electron chi connectivity index (χ0n) is 10.8. The number of rotatable bonds is 7. The van der Waals surface area contributed by atoms with Gasteiger partial charge in [-0.1, -0.05) is 6.42 Å². The van der Waals surface area contributed by atoms with Gasteiger partial charge in [-0.3, -0.25) is 4.79 Å². The first-order chi connectivity index (χ1) is 8.26. The summed E-state index contributed by atoms with van der Waals surface area (Å²) in [5.41, 5.74) is 0.335. The molecule has 1 saturated carbocycles. The van der Waals surface area contributed by atoms with Crippen molar-refractivity contribution in [3.05, 3.63) is 0 Å². The van der Waals surface area contributed by atoms with E-state index in [1.807, 2.05) is 6.92 Å². The van der Waals surface area contributed by atoms with Gasteiger partial charge in [-0.15, -0.1) is 0 Å². The molecule has 17 heavy (non-hydrogen) atoms. The Hall–Kier alpha value is -0.610. The molecule has 1 aliphatic carbocycles. The SMILES string of the molecule is CCOCCC1(CNC(=O)C2CNC2)CCC1. The third-order valence-electron chi connectivity index (χ3n) is 4.18. The van der Waals surface area contributed by atoms with Gasteiger partial charge in [-0.25, -0.2) is 0 Å². The molecule has 2 N–H and O–H groups in total. The normalized spacial score (nSPS) is 22.6. The molecule has 1 amide bonds. The van der Waals surface area contributed by atoms with Crippen LogP contribution in [0, 0.1) is 11.3 Å². The van der Waals surface area contributed by atoms with Crippen LogP contribution in [0.5, 0.6) is 0 Å². The Bertz CT molecular complexity index is 260. The second-order valence-electron chi connectivity index (χ2n) is 5.37.